The molecule has 164 valence electrons. The zero-order valence-electron chi connectivity index (χ0n) is 17.8. The zero-order valence-corrected chi connectivity index (χ0v) is 17.8. The van der Waals surface area contributed by atoms with Crippen molar-refractivity contribution in [3.63, 3.8) is 0 Å². The molecule has 2 aliphatic heterocycles. The Kier molecular flexibility index (Phi) is 6.53. The maximum absolute atomic E-state index is 12.9. The highest BCUT2D eigenvalue weighted by atomic mass is 16.2. The molecule has 2 N–H and O–H groups in total. The molecule has 0 radical (unpaired) electrons. The van der Waals surface area contributed by atoms with Gasteiger partial charge in [0.25, 0.3) is 5.91 Å². The van der Waals surface area contributed by atoms with Gasteiger partial charge >= 0.3 is 0 Å². The van der Waals surface area contributed by atoms with Crippen LogP contribution in [0.4, 0.5) is 0 Å². The van der Waals surface area contributed by atoms with Crippen molar-refractivity contribution in [3.8, 4) is 0 Å². The standard InChI is InChI=1S/C22H33N5O3/c1-25-9-11-26(12-10-25)21(29)13-17-7-8-18(27(17)15-16-5-6-16)14-23-22(30)19-3-2-4-20(28)24-19/h2-4,16-18H,5-15H2,1H3,(H,23,30)(H,24,28)/t17-,18+/m1/s1. The van der Waals surface area contributed by atoms with Crippen LogP contribution in [0, 0.1) is 5.92 Å². The molecular formula is C22H33N5O3. The second kappa shape index (κ2) is 9.31. The number of carbonyl (C=O) groups excluding carboxylic acids is 2. The first-order chi connectivity index (χ1) is 14.5. The topological polar surface area (TPSA) is 88.7 Å². The van der Waals surface area contributed by atoms with Crippen molar-refractivity contribution in [1.82, 2.24) is 25.0 Å². The second-order valence-corrected chi connectivity index (χ2v) is 9.05. The number of likely N-dealkylation sites (tertiary alicyclic amines) is 1. The van der Waals surface area contributed by atoms with Crippen LogP contribution in [0.3, 0.4) is 0 Å². The van der Waals surface area contributed by atoms with Gasteiger partial charge in [-0.15, -0.1) is 0 Å². The van der Waals surface area contributed by atoms with Crippen molar-refractivity contribution < 1.29 is 9.59 Å². The van der Waals surface area contributed by atoms with Gasteiger partial charge in [0.15, 0.2) is 0 Å². The fourth-order valence-corrected chi connectivity index (χ4v) is 4.62. The van der Waals surface area contributed by atoms with Crippen LogP contribution in [0.25, 0.3) is 0 Å². The van der Waals surface area contributed by atoms with Gasteiger partial charge in [-0.2, -0.15) is 0 Å². The number of nitrogens with one attached hydrogen (secondary N) is 2. The summed E-state index contributed by atoms with van der Waals surface area (Å²) in [6, 6.07) is 5.10. The van der Waals surface area contributed by atoms with Crippen molar-refractivity contribution >= 4 is 11.8 Å². The van der Waals surface area contributed by atoms with Gasteiger partial charge in [0.05, 0.1) is 0 Å². The van der Waals surface area contributed by atoms with E-state index in [1.54, 1.807) is 12.1 Å². The quantitative estimate of drug-likeness (QED) is 0.678. The monoisotopic (exact) mass is 415 g/mol. The molecule has 8 nitrogen and oxygen atoms in total. The van der Waals surface area contributed by atoms with Gasteiger partial charge in [0.1, 0.15) is 5.69 Å². The van der Waals surface area contributed by atoms with Crippen LogP contribution in [0.2, 0.25) is 0 Å². The number of aromatic nitrogens is 1. The van der Waals surface area contributed by atoms with Gasteiger partial charge in [-0.25, -0.2) is 0 Å². The Morgan fingerprint density at radius 3 is 2.50 bits per heavy atom. The normalized spacial score (nSPS) is 25.4. The summed E-state index contributed by atoms with van der Waals surface area (Å²) in [7, 11) is 2.10. The first kappa shape index (κ1) is 21.1. The first-order valence-electron chi connectivity index (χ1n) is 11.2. The van der Waals surface area contributed by atoms with Crippen molar-refractivity contribution in [2.24, 2.45) is 5.92 Å². The highest BCUT2D eigenvalue weighted by molar-refractivity contribution is 5.92. The minimum absolute atomic E-state index is 0.246. The van der Waals surface area contributed by atoms with Crippen molar-refractivity contribution in [3.05, 3.63) is 34.2 Å². The predicted molar refractivity (Wildman–Crippen MR) is 114 cm³/mol. The van der Waals surface area contributed by atoms with Gasteiger partial charge in [-0.3, -0.25) is 19.3 Å². The third-order valence-electron chi connectivity index (χ3n) is 6.71. The number of carbonyl (C=O) groups is 2. The fourth-order valence-electron chi connectivity index (χ4n) is 4.62. The van der Waals surface area contributed by atoms with Crippen molar-refractivity contribution in [2.45, 2.75) is 44.2 Å². The average molecular weight is 416 g/mol. The lowest BCUT2D eigenvalue weighted by molar-refractivity contribution is -0.134. The Balaban J connectivity index is 1.33. The minimum atomic E-state index is -0.277. The van der Waals surface area contributed by atoms with E-state index in [4.69, 9.17) is 0 Å². The third-order valence-corrected chi connectivity index (χ3v) is 6.71. The van der Waals surface area contributed by atoms with E-state index in [-0.39, 0.29) is 35.2 Å². The lowest BCUT2D eigenvalue weighted by Crippen LogP contribution is -2.49. The Morgan fingerprint density at radius 2 is 1.80 bits per heavy atom. The SMILES string of the molecule is CN1CCN(C(=O)C[C@H]2CC[C@@H](CNC(=O)c3cccc(=O)[nH]3)N2CC2CC2)CC1. The number of aromatic amines is 1. The number of amides is 2. The van der Waals surface area contributed by atoms with Crippen LogP contribution in [0.5, 0.6) is 0 Å². The number of H-pyrrole nitrogens is 1. The number of likely N-dealkylation sites (N-methyl/N-ethyl adjacent to an activating group) is 1. The number of rotatable bonds is 7. The maximum atomic E-state index is 12.9. The molecule has 2 saturated heterocycles. The summed E-state index contributed by atoms with van der Waals surface area (Å²) < 4.78 is 0. The highest BCUT2D eigenvalue weighted by Gasteiger charge is 2.38. The van der Waals surface area contributed by atoms with Crippen LogP contribution in [-0.4, -0.2) is 89.9 Å². The predicted octanol–water partition coefficient (Wildman–Crippen LogP) is 0.512. The summed E-state index contributed by atoms with van der Waals surface area (Å²) in [5.41, 5.74) is 0.0115. The molecule has 0 unspecified atom stereocenters. The first-order valence-corrected chi connectivity index (χ1v) is 11.2. The summed E-state index contributed by atoms with van der Waals surface area (Å²) in [4.78, 5) is 46.1. The molecule has 1 aromatic rings. The molecule has 4 rings (SSSR count). The Bertz CT molecular complexity index is 813. The van der Waals surface area contributed by atoms with Gasteiger partial charge in [-0.1, -0.05) is 6.07 Å². The van der Waals surface area contributed by atoms with Crippen LogP contribution in [-0.2, 0) is 4.79 Å². The molecule has 2 atom stereocenters. The molecule has 3 heterocycles. The molecule has 3 fully saturated rings. The maximum Gasteiger partial charge on any atom is 0.267 e. The van der Waals surface area contributed by atoms with E-state index in [1.807, 2.05) is 4.90 Å². The van der Waals surface area contributed by atoms with E-state index < -0.39 is 0 Å². The van der Waals surface area contributed by atoms with E-state index in [2.05, 4.69) is 27.1 Å². The van der Waals surface area contributed by atoms with Crippen LogP contribution < -0.4 is 10.9 Å². The number of pyridine rings is 1. The van der Waals surface area contributed by atoms with Crippen LogP contribution in [0.15, 0.2) is 23.0 Å². The van der Waals surface area contributed by atoms with Gasteiger partial charge in [0.2, 0.25) is 11.5 Å². The van der Waals surface area contributed by atoms with Crippen LogP contribution in [0.1, 0.15) is 42.6 Å². The molecule has 8 heteroatoms. The Morgan fingerprint density at radius 1 is 1.07 bits per heavy atom. The lowest BCUT2D eigenvalue weighted by atomic mass is 10.1. The van der Waals surface area contributed by atoms with Crippen molar-refractivity contribution in [1.29, 1.82) is 0 Å². The summed E-state index contributed by atoms with van der Waals surface area (Å²) in [6.45, 7) is 5.08. The highest BCUT2D eigenvalue weighted by Crippen LogP contribution is 2.35. The summed E-state index contributed by atoms with van der Waals surface area (Å²) in [6.07, 6.45) is 5.08. The van der Waals surface area contributed by atoms with Gasteiger partial charge in [0, 0.05) is 63.8 Å². The smallest absolute Gasteiger partial charge is 0.267 e. The number of hydrogen-bond donors (Lipinski definition) is 2. The molecule has 3 aliphatic rings. The van der Waals surface area contributed by atoms with Crippen molar-refractivity contribution in [2.75, 3.05) is 46.3 Å². The summed E-state index contributed by atoms with van der Waals surface area (Å²) >= 11 is 0. The van der Waals surface area contributed by atoms with Gasteiger partial charge in [-0.05, 0) is 44.7 Å². The van der Waals surface area contributed by atoms with E-state index in [0.29, 0.717) is 13.0 Å². The summed E-state index contributed by atoms with van der Waals surface area (Å²) in [5.74, 6) is 0.740. The molecule has 1 aliphatic carbocycles. The molecule has 0 bridgehead atoms. The number of nitrogens with zero attached hydrogens (tertiary/aromatic N) is 3. The number of piperazine rings is 1. The molecule has 30 heavy (non-hydrogen) atoms. The number of hydrogen-bond acceptors (Lipinski definition) is 5. The molecule has 1 saturated carbocycles. The average Bonchev–Trinajstić information content (AvgIpc) is 3.48. The fraction of sp³-hybridized carbons (Fsp3) is 0.682. The Labute approximate surface area is 177 Å². The minimum Gasteiger partial charge on any atom is -0.349 e. The summed E-state index contributed by atoms with van der Waals surface area (Å²) in [5, 5.41) is 2.98. The van der Waals surface area contributed by atoms with E-state index in [0.717, 1.165) is 51.5 Å². The third kappa shape index (κ3) is 5.29. The largest absolute Gasteiger partial charge is 0.349 e. The second-order valence-electron chi connectivity index (χ2n) is 9.05. The van der Waals surface area contributed by atoms with Crippen LogP contribution >= 0.6 is 0 Å². The van der Waals surface area contributed by atoms with E-state index >= 15 is 0 Å². The molecule has 0 spiro atoms. The lowest BCUT2D eigenvalue weighted by Gasteiger charge is -2.35. The van der Waals surface area contributed by atoms with Gasteiger partial charge < -0.3 is 20.1 Å². The van der Waals surface area contributed by atoms with E-state index in [9.17, 15) is 14.4 Å². The Hall–Kier alpha value is -2.19. The zero-order chi connectivity index (χ0) is 21.1. The molecular weight excluding hydrogens is 382 g/mol. The molecule has 2 amide bonds. The van der Waals surface area contributed by atoms with E-state index in [1.165, 1.54) is 18.9 Å². The molecule has 1 aromatic heterocycles. The molecule has 0 aromatic carbocycles.